The third-order valence-corrected chi connectivity index (χ3v) is 1.77. The lowest BCUT2D eigenvalue weighted by Gasteiger charge is -2.29. The molecule has 0 bridgehead atoms. The van der Waals surface area contributed by atoms with E-state index in [1.807, 2.05) is 0 Å². The minimum atomic E-state index is -4.38. The highest BCUT2D eigenvalue weighted by Crippen LogP contribution is 2.21. The molecule has 2 nitrogen and oxygen atoms in total. The summed E-state index contributed by atoms with van der Waals surface area (Å²) in [6.07, 6.45) is -6.20. The number of halogens is 6. The van der Waals surface area contributed by atoms with E-state index < -0.39 is 29.3 Å². The fourth-order valence-electron chi connectivity index (χ4n) is 1.13. The lowest BCUT2D eigenvalue weighted by Crippen LogP contribution is -2.53. The summed E-state index contributed by atoms with van der Waals surface area (Å²) in [6, 6.07) is 0. The number of hydrogen-bond acceptors (Lipinski definition) is 1. The lowest BCUT2D eigenvalue weighted by atomic mass is 10.3. The van der Waals surface area contributed by atoms with E-state index >= 15 is 0 Å². The minimum absolute atomic E-state index is 0.0651. The van der Waals surface area contributed by atoms with E-state index in [1.165, 1.54) is 13.1 Å². The van der Waals surface area contributed by atoms with E-state index in [1.54, 1.807) is 0 Å². The summed E-state index contributed by atoms with van der Waals surface area (Å²) in [7, 11) is 1.21. The Morgan fingerprint density at radius 1 is 1.16 bits per heavy atom. The van der Waals surface area contributed by atoms with E-state index in [0.717, 1.165) is 6.08 Å². The Morgan fingerprint density at radius 3 is 1.74 bits per heavy atom. The van der Waals surface area contributed by atoms with Gasteiger partial charge in [-0.05, 0) is 6.08 Å². The fourth-order valence-corrected chi connectivity index (χ4v) is 1.13. The third-order valence-electron chi connectivity index (χ3n) is 1.77. The number of carbonyl (C=O) groups excluding carboxylic acids is 1. The van der Waals surface area contributed by atoms with Crippen LogP contribution in [0.25, 0.3) is 0 Å². The Hall–Kier alpha value is -1.31. The van der Waals surface area contributed by atoms with E-state index in [2.05, 4.69) is 13.2 Å². The molecule has 0 aliphatic heterocycles. The van der Waals surface area contributed by atoms with Crippen LogP contribution in [0.1, 0.15) is 6.92 Å². The second-order valence-corrected chi connectivity index (χ2v) is 3.96. The van der Waals surface area contributed by atoms with Gasteiger partial charge in [-0.3, -0.25) is 0 Å². The number of hydrogen-bond donors (Lipinski definition) is 0. The summed E-state index contributed by atoms with van der Waals surface area (Å²) in [4.78, 5) is 11.2. The first-order valence-electron chi connectivity index (χ1n) is 5.01. The van der Waals surface area contributed by atoms with E-state index in [-0.39, 0.29) is 13.5 Å². The first-order valence-corrected chi connectivity index (χ1v) is 5.01. The van der Waals surface area contributed by atoms with Crippen LogP contribution < -0.4 is 0 Å². The molecule has 0 saturated heterocycles. The van der Waals surface area contributed by atoms with Gasteiger partial charge in [0.2, 0.25) is 0 Å². The zero-order chi connectivity index (χ0) is 15.9. The predicted octanol–water partition coefficient (Wildman–Crippen LogP) is 3.46. The Labute approximate surface area is 107 Å². The second kappa shape index (κ2) is 7.32. The molecule has 0 spiro atoms. The van der Waals surface area contributed by atoms with Crippen molar-refractivity contribution in [2.75, 3.05) is 20.1 Å². The van der Waals surface area contributed by atoms with Gasteiger partial charge in [0.15, 0.2) is 6.54 Å². The van der Waals surface area contributed by atoms with Gasteiger partial charge in [-0.15, -0.1) is 0 Å². The van der Waals surface area contributed by atoms with E-state index in [9.17, 15) is 31.1 Å². The Kier molecular flexibility index (Phi) is 7.71. The molecule has 19 heavy (non-hydrogen) atoms. The average molecular weight is 292 g/mol. The molecule has 0 aromatic rings. The number of nitrogens with zero attached hydrogens (tertiary/aromatic N) is 1. The van der Waals surface area contributed by atoms with Gasteiger partial charge in [0.05, 0.1) is 7.05 Å². The second-order valence-electron chi connectivity index (χ2n) is 3.96. The smallest absolute Gasteiger partial charge is 0.248 e. The highest BCUT2D eigenvalue weighted by Gasteiger charge is 2.42. The Morgan fingerprint density at radius 2 is 1.53 bits per heavy atom. The maximum atomic E-state index is 12.1. The van der Waals surface area contributed by atoms with Crippen molar-refractivity contribution >= 4 is 5.91 Å². The van der Waals surface area contributed by atoms with Gasteiger partial charge in [0.1, 0.15) is 6.54 Å². The zero-order valence-electron chi connectivity index (χ0n) is 10.6. The molecule has 0 rings (SSSR count). The third kappa shape index (κ3) is 12.9. The van der Waals surface area contributed by atoms with Gasteiger partial charge in [0.25, 0.3) is 0 Å². The van der Waals surface area contributed by atoms with Gasteiger partial charge >= 0.3 is 18.3 Å². The molecule has 0 aliphatic rings. The van der Waals surface area contributed by atoms with Crippen molar-refractivity contribution in [3.05, 3.63) is 25.3 Å². The number of quaternary nitrogens is 1. The summed E-state index contributed by atoms with van der Waals surface area (Å²) in [5.74, 6) is -0.665. The van der Waals surface area contributed by atoms with Gasteiger partial charge < -0.3 is 0 Å². The standard InChI is InChI=1S/C9H13F3NO.C2H3F3/c1-4-6-13(3,8(14)5-2)7-9(10,11)12;1-2(3,4)5/h4-5H,1-2,6-7H2,3H3;1H3/q+1;/t13-;/m1./s1. The SMILES string of the molecule is C=CC[N@+](C)(CC(F)(F)F)C(=O)C=C.CC(F)(F)F. The quantitative estimate of drug-likeness (QED) is 0.336. The van der Waals surface area contributed by atoms with Crippen LogP contribution in [0.2, 0.25) is 0 Å². The number of rotatable bonds is 4. The summed E-state index contributed by atoms with van der Waals surface area (Å²) >= 11 is 0. The maximum Gasteiger partial charge on any atom is 0.438 e. The number of alkyl halides is 6. The monoisotopic (exact) mass is 292 g/mol. The average Bonchev–Trinajstić information content (AvgIpc) is 2.11. The molecule has 0 radical (unpaired) electrons. The van der Waals surface area contributed by atoms with Crippen molar-refractivity contribution in [3.8, 4) is 0 Å². The molecule has 0 fully saturated rings. The maximum absolute atomic E-state index is 12.1. The first kappa shape index (κ1) is 20.0. The normalized spacial score (nSPS) is 14.7. The Balaban J connectivity index is 0. The lowest BCUT2D eigenvalue weighted by molar-refractivity contribution is -0.838. The molecular weight excluding hydrogens is 276 g/mol. The predicted molar refractivity (Wildman–Crippen MR) is 59.1 cm³/mol. The zero-order valence-corrected chi connectivity index (χ0v) is 10.6. The van der Waals surface area contributed by atoms with Crippen LogP contribution >= 0.6 is 0 Å². The van der Waals surface area contributed by atoms with Crippen LogP contribution in [0.4, 0.5) is 26.3 Å². The van der Waals surface area contributed by atoms with Crippen LogP contribution in [-0.4, -0.2) is 42.9 Å². The van der Waals surface area contributed by atoms with Gasteiger partial charge in [-0.2, -0.15) is 26.3 Å². The number of carbonyl (C=O) groups is 1. The van der Waals surface area contributed by atoms with Gasteiger partial charge in [-0.1, -0.05) is 13.2 Å². The highest BCUT2D eigenvalue weighted by molar-refractivity contribution is 5.80. The molecule has 0 aromatic carbocycles. The summed E-state index contributed by atoms with van der Waals surface area (Å²) in [5, 5.41) is 0. The first-order chi connectivity index (χ1) is 8.25. The van der Waals surface area contributed by atoms with Crippen molar-refractivity contribution in [1.29, 1.82) is 0 Å². The summed E-state index contributed by atoms with van der Waals surface area (Å²) in [5.41, 5.74) is 0. The number of likely N-dealkylation sites (N-methyl/N-ethyl adjacent to an activating group) is 1. The molecular formula is C11H16F6NO+. The molecule has 1 atom stereocenters. The van der Waals surface area contributed by atoms with E-state index in [4.69, 9.17) is 0 Å². The van der Waals surface area contributed by atoms with Crippen molar-refractivity contribution in [3.63, 3.8) is 0 Å². The topological polar surface area (TPSA) is 17.1 Å². The van der Waals surface area contributed by atoms with Crippen molar-refractivity contribution < 1.29 is 35.6 Å². The van der Waals surface area contributed by atoms with Crippen LogP contribution in [0.15, 0.2) is 25.3 Å². The van der Waals surface area contributed by atoms with Crippen LogP contribution in [-0.2, 0) is 4.79 Å². The van der Waals surface area contributed by atoms with Crippen LogP contribution in [0.3, 0.4) is 0 Å². The van der Waals surface area contributed by atoms with E-state index in [0.29, 0.717) is 0 Å². The van der Waals surface area contributed by atoms with Crippen LogP contribution in [0.5, 0.6) is 0 Å². The molecule has 0 aliphatic carbocycles. The molecule has 112 valence electrons. The Bertz CT molecular complexity index is 314. The highest BCUT2D eigenvalue weighted by atomic mass is 19.4. The van der Waals surface area contributed by atoms with Gasteiger partial charge in [-0.25, -0.2) is 9.28 Å². The molecule has 0 aromatic heterocycles. The summed E-state index contributed by atoms with van der Waals surface area (Å²) in [6.45, 7) is 5.41. The largest absolute Gasteiger partial charge is 0.438 e. The molecule has 0 heterocycles. The number of amides is 1. The van der Waals surface area contributed by atoms with Crippen molar-refractivity contribution in [2.45, 2.75) is 19.3 Å². The molecule has 8 heteroatoms. The fraction of sp³-hybridized carbons (Fsp3) is 0.545. The molecule has 0 saturated carbocycles. The van der Waals surface area contributed by atoms with Crippen molar-refractivity contribution in [1.82, 2.24) is 0 Å². The van der Waals surface area contributed by atoms with Gasteiger partial charge in [0, 0.05) is 13.0 Å². The molecule has 1 amide bonds. The minimum Gasteiger partial charge on any atom is -0.248 e. The molecule has 0 N–H and O–H groups in total. The summed E-state index contributed by atoms with van der Waals surface area (Å²) < 4.78 is 66.7. The van der Waals surface area contributed by atoms with Crippen molar-refractivity contribution in [2.24, 2.45) is 0 Å². The van der Waals surface area contributed by atoms with Crippen LogP contribution in [0, 0.1) is 0 Å². The molecule has 0 unspecified atom stereocenters.